The van der Waals surface area contributed by atoms with E-state index in [2.05, 4.69) is 43.0 Å². The topological polar surface area (TPSA) is 54.5 Å². The van der Waals surface area contributed by atoms with Crippen LogP contribution in [0.25, 0.3) is 17.1 Å². The molecule has 0 aliphatic heterocycles. The van der Waals surface area contributed by atoms with Crippen LogP contribution >= 0.6 is 0 Å². The van der Waals surface area contributed by atoms with Crippen molar-refractivity contribution >= 4 is 0 Å². The van der Waals surface area contributed by atoms with E-state index in [0.717, 1.165) is 22.4 Å². The van der Waals surface area contributed by atoms with Crippen LogP contribution in [-0.4, -0.2) is 14.8 Å². The van der Waals surface area contributed by atoms with Gasteiger partial charge in [-0.15, -0.1) is 5.10 Å². The van der Waals surface area contributed by atoms with E-state index in [1.807, 2.05) is 36.4 Å². The van der Waals surface area contributed by atoms with Crippen LogP contribution in [0.5, 0.6) is 0 Å². The predicted molar refractivity (Wildman–Crippen MR) is 85.7 cm³/mol. The molecule has 3 aromatic rings. The molecule has 4 nitrogen and oxygen atoms in total. The molecule has 4 heteroatoms. The maximum Gasteiger partial charge on any atom is 0.253 e. The highest BCUT2D eigenvalue weighted by molar-refractivity contribution is 5.61. The minimum Gasteiger partial charge on any atom is -0.211 e. The van der Waals surface area contributed by atoms with Gasteiger partial charge in [-0.1, -0.05) is 48.0 Å². The van der Waals surface area contributed by atoms with Crippen LogP contribution in [0.4, 0.5) is 0 Å². The number of aromatic nitrogens is 3. The summed E-state index contributed by atoms with van der Waals surface area (Å²) in [6.45, 7) is 6.18. The van der Waals surface area contributed by atoms with Gasteiger partial charge in [0.1, 0.15) is 6.07 Å². The number of hydrogen-bond acceptors (Lipinski definition) is 3. The molecule has 0 bridgehead atoms. The summed E-state index contributed by atoms with van der Waals surface area (Å²) in [5.74, 6) is 0.866. The van der Waals surface area contributed by atoms with E-state index in [9.17, 15) is 0 Å². The first-order valence-corrected chi connectivity index (χ1v) is 7.11. The molecule has 22 heavy (non-hydrogen) atoms. The number of rotatable bonds is 2. The van der Waals surface area contributed by atoms with Gasteiger partial charge in [-0.3, -0.25) is 0 Å². The van der Waals surface area contributed by atoms with Crippen molar-refractivity contribution in [3.63, 3.8) is 0 Å². The highest BCUT2D eigenvalue weighted by atomic mass is 15.4. The first-order valence-electron chi connectivity index (χ1n) is 7.11. The molecular formula is C18H16N4. The number of nitriles is 1. The van der Waals surface area contributed by atoms with Crippen molar-refractivity contribution in [2.45, 2.75) is 20.8 Å². The molecular weight excluding hydrogens is 272 g/mol. The van der Waals surface area contributed by atoms with E-state index in [1.54, 1.807) is 4.68 Å². The Morgan fingerprint density at radius 2 is 1.64 bits per heavy atom. The molecule has 0 amide bonds. The summed E-state index contributed by atoms with van der Waals surface area (Å²) in [5.41, 5.74) is 5.36. The molecule has 0 saturated heterocycles. The third-order valence-corrected chi connectivity index (χ3v) is 3.59. The third-order valence-electron chi connectivity index (χ3n) is 3.59. The molecule has 0 atom stereocenters. The zero-order chi connectivity index (χ0) is 15.7. The molecule has 0 unspecified atom stereocenters. The lowest BCUT2D eigenvalue weighted by molar-refractivity contribution is 0.864. The van der Waals surface area contributed by atoms with Gasteiger partial charge in [0, 0.05) is 5.56 Å². The van der Waals surface area contributed by atoms with Crippen molar-refractivity contribution in [1.29, 1.82) is 5.26 Å². The Labute approximate surface area is 129 Å². The summed E-state index contributed by atoms with van der Waals surface area (Å²) in [5, 5.41) is 13.5. The fourth-order valence-electron chi connectivity index (χ4n) is 2.80. The molecule has 0 aliphatic carbocycles. The van der Waals surface area contributed by atoms with Gasteiger partial charge in [0.25, 0.3) is 5.82 Å². The van der Waals surface area contributed by atoms with Gasteiger partial charge >= 0.3 is 0 Å². The molecule has 0 N–H and O–H groups in total. The fourth-order valence-corrected chi connectivity index (χ4v) is 2.80. The number of hydrogen-bond donors (Lipinski definition) is 0. The fraction of sp³-hybridized carbons (Fsp3) is 0.167. The van der Waals surface area contributed by atoms with Gasteiger partial charge in [-0.25, -0.2) is 4.68 Å². The van der Waals surface area contributed by atoms with Crippen molar-refractivity contribution in [2.24, 2.45) is 0 Å². The number of aryl methyl sites for hydroxylation is 3. The van der Waals surface area contributed by atoms with Crippen LogP contribution in [0.1, 0.15) is 22.5 Å². The first kappa shape index (κ1) is 14.0. The van der Waals surface area contributed by atoms with Gasteiger partial charge < -0.3 is 0 Å². The van der Waals surface area contributed by atoms with E-state index in [-0.39, 0.29) is 5.82 Å². The number of benzene rings is 2. The lowest BCUT2D eigenvalue weighted by Crippen LogP contribution is -2.05. The largest absolute Gasteiger partial charge is 0.253 e. The van der Waals surface area contributed by atoms with Gasteiger partial charge in [0.15, 0.2) is 5.82 Å². The zero-order valence-electron chi connectivity index (χ0n) is 12.8. The summed E-state index contributed by atoms with van der Waals surface area (Å²) in [6.07, 6.45) is 0. The van der Waals surface area contributed by atoms with Crippen LogP contribution < -0.4 is 0 Å². The molecule has 0 aliphatic rings. The zero-order valence-corrected chi connectivity index (χ0v) is 12.8. The van der Waals surface area contributed by atoms with Gasteiger partial charge in [0.2, 0.25) is 0 Å². The van der Waals surface area contributed by atoms with E-state index in [1.165, 1.54) is 5.56 Å². The maximum absolute atomic E-state index is 9.16. The second-order valence-corrected chi connectivity index (χ2v) is 5.40. The highest BCUT2D eigenvalue weighted by Crippen LogP contribution is 2.26. The van der Waals surface area contributed by atoms with Gasteiger partial charge in [-0.05, 0) is 31.9 Å². The summed E-state index contributed by atoms with van der Waals surface area (Å²) in [7, 11) is 0. The molecule has 0 fully saturated rings. The summed E-state index contributed by atoms with van der Waals surface area (Å²) in [6, 6.07) is 16.1. The lowest BCUT2D eigenvalue weighted by atomic mass is 10.0. The van der Waals surface area contributed by atoms with Crippen molar-refractivity contribution in [1.82, 2.24) is 14.8 Å². The van der Waals surface area contributed by atoms with Crippen LogP contribution in [0.3, 0.4) is 0 Å². The van der Waals surface area contributed by atoms with E-state index >= 15 is 0 Å². The second-order valence-electron chi connectivity index (χ2n) is 5.40. The molecule has 0 spiro atoms. The minimum atomic E-state index is 0.179. The van der Waals surface area contributed by atoms with Gasteiger partial charge in [0.05, 0.1) is 5.69 Å². The Morgan fingerprint density at radius 1 is 1.00 bits per heavy atom. The average Bonchev–Trinajstić information content (AvgIpc) is 2.91. The Bertz CT molecular complexity index is 847. The molecule has 2 aromatic carbocycles. The van der Waals surface area contributed by atoms with Crippen LogP contribution in [0.15, 0.2) is 42.5 Å². The van der Waals surface area contributed by atoms with E-state index in [0.29, 0.717) is 5.82 Å². The average molecular weight is 288 g/mol. The van der Waals surface area contributed by atoms with Crippen LogP contribution in [0.2, 0.25) is 0 Å². The summed E-state index contributed by atoms with van der Waals surface area (Å²) >= 11 is 0. The number of nitrogens with zero attached hydrogens (tertiary/aromatic N) is 4. The molecule has 3 rings (SSSR count). The standard InChI is InChI=1S/C18H16N4/c1-12-9-13(2)17(14(3)10-12)22-18(20-16(11-19)21-22)15-7-5-4-6-8-15/h4-10H,1-3H3. The molecule has 108 valence electrons. The van der Waals surface area contributed by atoms with Crippen LogP contribution in [-0.2, 0) is 0 Å². The normalized spacial score (nSPS) is 10.5. The Kier molecular flexibility index (Phi) is 3.48. The summed E-state index contributed by atoms with van der Waals surface area (Å²) < 4.78 is 1.78. The molecule has 0 radical (unpaired) electrons. The summed E-state index contributed by atoms with van der Waals surface area (Å²) in [4.78, 5) is 4.37. The lowest BCUT2D eigenvalue weighted by Gasteiger charge is -2.13. The monoisotopic (exact) mass is 288 g/mol. The van der Waals surface area contributed by atoms with E-state index in [4.69, 9.17) is 5.26 Å². The Morgan fingerprint density at radius 3 is 2.23 bits per heavy atom. The van der Waals surface area contributed by atoms with Crippen LogP contribution in [0, 0.1) is 32.1 Å². The second kappa shape index (κ2) is 5.45. The van der Waals surface area contributed by atoms with Crippen molar-refractivity contribution < 1.29 is 0 Å². The first-order chi connectivity index (χ1) is 10.6. The smallest absolute Gasteiger partial charge is 0.211 e. The quantitative estimate of drug-likeness (QED) is 0.722. The molecule has 1 heterocycles. The molecule has 1 aromatic heterocycles. The third kappa shape index (κ3) is 2.38. The molecule has 0 saturated carbocycles. The maximum atomic E-state index is 9.16. The predicted octanol–water partition coefficient (Wildman–Crippen LogP) is 3.73. The van der Waals surface area contributed by atoms with E-state index < -0.39 is 0 Å². The van der Waals surface area contributed by atoms with Crippen molar-refractivity contribution in [2.75, 3.05) is 0 Å². The Balaban J connectivity index is 2.29. The Hall–Kier alpha value is -2.93. The van der Waals surface area contributed by atoms with Gasteiger partial charge in [-0.2, -0.15) is 10.2 Å². The van der Waals surface area contributed by atoms with Crippen molar-refractivity contribution in [3.05, 3.63) is 65.0 Å². The SMILES string of the molecule is Cc1cc(C)c(-n2nc(C#N)nc2-c2ccccc2)c(C)c1. The highest BCUT2D eigenvalue weighted by Gasteiger charge is 2.16. The van der Waals surface area contributed by atoms with Crippen molar-refractivity contribution in [3.8, 4) is 23.1 Å². The minimum absolute atomic E-state index is 0.179.